The largest absolute Gasteiger partial charge is 0.0654 e. The predicted molar refractivity (Wildman–Crippen MR) is 145 cm³/mol. The number of hydrogen-bond donors (Lipinski definition) is 0. The summed E-state index contributed by atoms with van der Waals surface area (Å²) in [6.07, 6.45) is 36.7. The van der Waals surface area contributed by atoms with E-state index in [2.05, 4.69) is 27.7 Å². The van der Waals surface area contributed by atoms with Crippen molar-refractivity contribution in [2.75, 3.05) is 0 Å². The minimum Gasteiger partial charge on any atom is -0.0654 e. The van der Waals surface area contributed by atoms with Crippen LogP contribution in [-0.2, 0) is 0 Å². The molecule has 0 aliphatic heterocycles. The van der Waals surface area contributed by atoms with Crippen molar-refractivity contribution in [2.24, 2.45) is 11.8 Å². The van der Waals surface area contributed by atoms with Crippen molar-refractivity contribution in [3.63, 3.8) is 0 Å². The van der Waals surface area contributed by atoms with Gasteiger partial charge in [-0.25, -0.2) is 0 Å². The highest BCUT2D eigenvalue weighted by Gasteiger charge is 2.11. The standard InChI is InChI=1S/C31H64/c1-5-7-9-11-13-15-16-17-18-19-21-23-25-27-29-31(4)30(3)28-26-24-22-20-14-12-10-8-6-2/h30-31H,5-29H2,1-4H3. The van der Waals surface area contributed by atoms with Gasteiger partial charge in [0.15, 0.2) is 0 Å². The van der Waals surface area contributed by atoms with Crippen molar-refractivity contribution in [2.45, 2.75) is 188 Å². The van der Waals surface area contributed by atoms with Crippen molar-refractivity contribution < 1.29 is 0 Å². The van der Waals surface area contributed by atoms with E-state index in [0.29, 0.717) is 0 Å². The van der Waals surface area contributed by atoms with Gasteiger partial charge in [0.25, 0.3) is 0 Å². The predicted octanol–water partition coefficient (Wildman–Crippen LogP) is 12.1. The van der Waals surface area contributed by atoms with Gasteiger partial charge in [0.05, 0.1) is 0 Å². The summed E-state index contributed by atoms with van der Waals surface area (Å²) in [5, 5.41) is 0. The van der Waals surface area contributed by atoms with Crippen LogP contribution in [0.5, 0.6) is 0 Å². The monoisotopic (exact) mass is 437 g/mol. The van der Waals surface area contributed by atoms with Gasteiger partial charge >= 0.3 is 0 Å². The molecular formula is C31H64. The molecule has 0 rings (SSSR count). The lowest BCUT2D eigenvalue weighted by molar-refractivity contribution is 0.322. The molecular weight excluding hydrogens is 372 g/mol. The van der Waals surface area contributed by atoms with E-state index in [-0.39, 0.29) is 0 Å². The third kappa shape index (κ3) is 24.5. The van der Waals surface area contributed by atoms with Gasteiger partial charge in [0.1, 0.15) is 0 Å². The molecule has 0 spiro atoms. The van der Waals surface area contributed by atoms with Gasteiger partial charge in [-0.2, -0.15) is 0 Å². The molecule has 0 N–H and O–H groups in total. The lowest BCUT2D eigenvalue weighted by atomic mass is 9.86. The minimum atomic E-state index is 0.936. The first-order chi connectivity index (χ1) is 15.2. The molecule has 2 unspecified atom stereocenters. The van der Waals surface area contributed by atoms with Crippen LogP contribution < -0.4 is 0 Å². The zero-order valence-electron chi connectivity index (χ0n) is 22.8. The summed E-state index contributed by atoms with van der Waals surface area (Å²) in [5.41, 5.74) is 0. The van der Waals surface area contributed by atoms with Crippen molar-refractivity contribution >= 4 is 0 Å². The first kappa shape index (κ1) is 31.0. The van der Waals surface area contributed by atoms with E-state index < -0.39 is 0 Å². The van der Waals surface area contributed by atoms with Crippen LogP contribution in [0.1, 0.15) is 188 Å². The molecule has 0 aromatic carbocycles. The lowest BCUT2D eigenvalue weighted by Gasteiger charge is -2.19. The number of rotatable bonds is 26. The van der Waals surface area contributed by atoms with E-state index in [9.17, 15) is 0 Å². The highest BCUT2D eigenvalue weighted by Crippen LogP contribution is 2.24. The highest BCUT2D eigenvalue weighted by atomic mass is 14.2. The summed E-state index contributed by atoms with van der Waals surface area (Å²) >= 11 is 0. The molecule has 0 heterocycles. The molecule has 0 saturated heterocycles. The average Bonchev–Trinajstić information content (AvgIpc) is 2.77. The van der Waals surface area contributed by atoms with Crippen molar-refractivity contribution in [1.82, 2.24) is 0 Å². The maximum Gasteiger partial charge on any atom is -0.0417 e. The Hall–Kier alpha value is 0. The van der Waals surface area contributed by atoms with Crippen LogP contribution in [0.3, 0.4) is 0 Å². The molecule has 0 radical (unpaired) electrons. The third-order valence-electron chi connectivity index (χ3n) is 7.75. The van der Waals surface area contributed by atoms with E-state index in [0.717, 1.165) is 11.8 Å². The number of unbranched alkanes of at least 4 members (excludes halogenated alkanes) is 21. The van der Waals surface area contributed by atoms with Gasteiger partial charge in [-0.1, -0.05) is 188 Å². The summed E-state index contributed by atoms with van der Waals surface area (Å²) in [6.45, 7) is 9.64. The normalized spacial score (nSPS) is 13.5. The Morgan fingerprint density at radius 1 is 0.290 bits per heavy atom. The van der Waals surface area contributed by atoms with Gasteiger partial charge in [0.2, 0.25) is 0 Å². The second-order valence-electron chi connectivity index (χ2n) is 11.0. The topological polar surface area (TPSA) is 0 Å². The van der Waals surface area contributed by atoms with Crippen LogP contribution in [0.4, 0.5) is 0 Å². The molecule has 31 heavy (non-hydrogen) atoms. The Balaban J connectivity index is 3.27. The van der Waals surface area contributed by atoms with Crippen molar-refractivity contribution in [3.8, 4) is 0 Å². The molecule has 0 aliphatic carbocycles. The van der Waals surface area contributed by atoms with E-state index in [1.54, 1.807) is 0 Å². The maximum atomic E-state index is 2.51. The van der Waals surface area contributed by atoms with Gasteiger partial charge in [-0.15, -0.1) is 0 Å². The first-order valence-electron chi connectivity index (χ1n) is 15.2. The van der Waals surface area contributed by atoms with Crippen LogP contribution >= 0.6 is 0 Å². The van der Waals surface area contributed by atoms with Crippen LogP contribution in [0.2, 0.25) is 0 Å². The summed E-state index contributed by atoms with van der Waals surface area (Å²) in [6, 6.07) is 0. The van der Waals surface area contributed by atoms with Crippen LogP contribution in [0.15, 0.2) is 0 Å². The molecule has 0 heteroatoms. The van der Waals surface area contributed by atoms with E-state index in [4.69, 9.17) is 0 Å². The fourth-order valence-electron chi connectivity index (χ4n) is 5.01. The van der Waals surface area contributed by atoms with Crippen molar-refractivity contribution in [1.29, 1.82) is 0 Å². The third-order valence-corrected chi connectivity index (χ3v) is 7.75. The van der Waals surface area contributed by atoms with Gasteiger partial charge in [-0.3, -0.25) is 0 Å². The summed E-state index contributed by atoms with van der Waals surface area (Å²) in [5.74, 6) is 1.87. The molecule has 2 atom stereocenters. The SMILES string of the molecule is CCCCCCCCCCCCCCCCC(C)C(C)CCCCCCCCCCC. The van der Waals surface area contributed by atoms with E-state index >= 15 is 0 Å². The van der Waals surface area contributed by atoms with Crippen LogP contribution in [-0.4, -0.2) is 0 Å². The molecule has 0 bridgehead atoms. The molecule has 0 fully saturated rings. The second-order valence-corrected chi connectivity index (χ2v) is 11.0. The van der Waals surface area contributed by atoms with Gasteiger partial charge in [-0.05, 0) is 11.8 Å². The Kier molecular flexibility index (Phi) is 26.3. The van der Waals surface area contributed by atoms with Gasteiger partial charge < -0.3 is 0 Å². The molecule has 0 nitrogen and oxygen atoms in total. The lowest BCUT2D eigenvalue weighted by Crippen LogP contribution is -2.08. The number of hydrogen-bond acceptors (Lipinski definition) is 0. The van der Waals surface area contributed by atoms with E-state index in [1.165, 1.54) is 161 Å². The molecule has 0 aromatic heterocycles. The summed E-state index contributed by atoms with van der Waals surface area (Å²) in [4.78, 5) is 0. The minimum absolute atomic E-state index is 0.936. The fraction of sp³-hybridized carbons (Fsp3) is 1.00. The van der Waals surface area contributed by atoms with Gasteiger partial charge in [0, 0.05) is 0 Å². The fourth-order valence-corrected chi connectivity index (χ4v) is 5.01. The Morgan fingerprint density at radius 2 is 0.484 bits per heavy atom. The van der Waals surface area contributed by atoms with Crippen molar-refractivity contribution in [3.05, 3.63) is 0 Å². The van der Waals surface area contributed by atoms with E-state index in [1.807, 2.05) is 0 Å². The molecule has 0 aromatic rings. The maximum absolute atomic E-state index is 2.51. The summed E-state index contributed by atoms with van der Waals surface area (Å²) in [7, 11) is 0. The van der Waals surface area contributed by atoms with Crippen LogP contribution in [0.25, 0.3) is 0 Å². The zero-order chi connectivity index (χ0) is 22.8. The highest BCUT2D eigenvalue weighted by molar-refractivity contribution is 4.63. The second kappa shape index (κ2) is 26.3. The first-order valence-corrected chi connectivity index (χ1v) is 15.2. The molecule has 0 amide bonds. The van der Waals surface area contributed by atoms with Crippen LogP contribution in [0, 0.1) is 11.8 Å². The molecule has 0 aliphatic rings. The average molecular weight is 437 g/mol. The quantitative estimate of drug-likeness (QED) is 0.118. The zero-order valence-corrected chi connectivity index (χ0v) is 22.8. The Bertz CT molecular complexity index is 307. The smallest absolute Gasteiger partial charge is 0.0417 e. The molecule has 188 valence electrons. The summed E-state index contributed by atoms with van der Waals surface area (Å²) < 4.78 is 0. The molecule has 0 saturated carbocycles. The Morgan fingerprint density at radius 3 is 0.710 bits per heavy atom. The Labute approximate surface area is 200 Å².